The second-order valence-corrected chi connectivity index (χ2v) is 4.76. The SMILES string of the molecule is COc1cc(C)nc(Oc2cccc3c2NCCC3)n1. The number of benzene rings is 1. The van der Waals surface area contributed by atoms with Crippen LogP contribution in [0.15, 0.2) is 24.3 Å². The summed E-state index contributed by atoms with van der Waals surface area (Å²) in [6.45, 7) is 2.85. The van der Waals surface area contributed by atoms with Crippen molar-refractivity contribution >= 4 is 5.69 Å². The van der Waals surface area contributed by atoms with E-state index in [2.05, 4.69) is 21.4 Å². The van der Waals surface area contributed by atoms with Crippen LogP contribution in [0.4, 0.5) is 5.69 Å². The number of nitrogens with zero attached hydrogens (tertiary/aromatic N) is 2. The van der Waals surface area contributed by atoms with Gasteiger partial charge < -0.3 is 14.8 Å². The van der Waals surface area contributed by atoms with E-state index in [1.54, 1.807) is 13.2 Å². The average molecular weight is 271 g/mol. The topological polar surface area (TPSA) is 56.3 Å². The fraction of sp³-hybridized carbons (Fsp3) is 0.333. The Kier molecular flexibility index (Phi) is 3.41. The molecule has 0 amide bonds. The molecule has 0 saturated heterocycles. The maximum atomic E-state index is 5.84. The lowest BCUT2D eigenvalue weighted by atomic mass is 10.0. The second-order valence-electron chi connectivity index (χ2n) is 4.76. The van der Waals surface area contributed by atoms with E-state index in [0.717, 1.165) is 36.5 Å². The highest BCUT2D eigenvalue weighted by atomic mass is 16.5. The van der Waals surface area contributed by atoms with E-state index in [1.165, 1.54) is 5.56 Å². The predicted molar refractivity (Wildman–Crippen MR) is 76.6 cm³/mol. The van der Waals surface area contributed by atoms with E-state index in [0.29, 0.717) is 11.9 Å². The molecule has 1 aromatic carbocycles. The smallest absolute Gasteiger partial charge is 0.325 e. The van der Waals surface area contributed by atoms with Crippen molar-refractivity contribution in [2.24, 2.45) is 0 Å². The van der Waals surface area contributed by atoms with Crippen molar-refractivity contribution in [3.8, 4) is 17.6 Å². The van der Waals surface area contributed by atoms with Crippen LogP contribution in [-0.4, -0.2) is 23.6 Å². The van der Waals surface area contributed by atoms with Gasteiger partial charge in [0.05, 0.1) is 12.8 Å². The summed E-state index contributed by atoms with van der Waals surface area (Å²) >= 11 is 0. The van der Waals surface area contributed by atoms with Gasteiger partial charge in [0.2, 0.25) is 5.88 Å². The molecule has 0 saturated carbocycles. The quantitative estimate of drug-likeness (QED) is 0.930. The molecule has 1 aromatic heterocycles. The van der Waals surface area contributed by atoms with Crippen LogP contribution < -0.4 is 14.8 Å². The van der Waals surface area contributed by atoms with Crippen molar-refractivity contribution in [1.82, 2.24) is 9.97 Å². The van der Waals surface area contributed by atoms with Gasteiger partial charge in [-0.25, -0.2) is 0 Å². The number of anilines is 1. The van der Waals surface area contributed by atoms with Gasteiger partial charge in [-0.05, 0) is 31.4 Å². The summed E-state index contributed by atoms with van der Waals surface area (Å²) in [6.07, 6.45) is 2.21. The van der Waals surface area contributed by atoms with E-state index in [1.807, 2.05) is 19.1 Å². The Morgan fingerprint density at radius 1 is 1.25 bits per heavy atom. The van der Waals surface area contributed by atoms with E-state index < -0.39 is 0 Å². The average Bonchev–Trinajstić information content (AvgIpc) is 2.47. The molecule has 0 aliphatic carbocycles. The van der Waals surface area contributed by atoms with Crippen LogP contribution in [0, 0.1) is 6.92 Å². The number of ether oxygens (including phenoxy) is 2. The molecule has 20 heavy (non-hydrogen) atoms. The van der Waals surface area contributed by atoms with Gasteiger partial charge >= 0.3 is 6.01 Å². The Hall–Kier alpha value is -2.30. The number of hydrogen-bond acceptors (Lipinski definition) is 5. The summed E-state index contributed by atoms with van der Waals surface area (Å²) in [5.74, 6) is 1.26. The Labute approximate surface area is 118 Å². The van der Waals surface area contributed by atoms with Crippen molar-refractivity contribution in [3.05, 3.63) is 35.5 Å². The monoisotopic (exact) mass is 271 g/mol. The number of methoxy groups -OCH3 is 1. The third-order valence-electron chi connectivity index (χ3n) is 3.26. The van der Waals surface area contributed by atoms with Crippen LogP contribution in [0.1, 0.15) is 17.7 Å². The molecule has 104 valence electrons. The minimum Gasteiger partial charge on any atom is -0.481 e. The standard InChI is InChI=1S/C15H17N3O2/c1-10-9-13(19-2)18-15(17-10)20-12-7-3-5-11-6-4-8-16-14(11)12/h3,5,7,9,16H,4,6,8H2,1-2H3. The zero-order valence-corrected chi connectivity index (χ0v) is 11.6. The molecule has 0 atom stereocenters. The third kappa shape index (κ3) is 2.52. The number of aromatic nitrogens is 2. The number of hydrogen-bond donors (Lipinski definition) is 1. The minimum atomic E-state index is 0.308. The summed E-state index contributed by atoms with van der Waals surface area (Å²) in [6, 6.07) is 8.11. The maximum absolute atomic E-state index is 5.84. The summed E-state index contributed by atoms with van der Waals surface area (Å²) in [4.78, 5) is 8.50. The van der Waals surface area contributed by atoms with Crippen LogP contribution in [0.3, 0.4) is 0 Å². The molecule has 5 nitrogen and oxygen atoms in total. The molecule has 2 aromatic rings. The number of nitrogens with one attached hydrogen (secondary N) is 1. The van der Waals surface area contributed by atoms with E-state index in [9.17, 15) is 0 Å². The molecule has 0 unspecified atom stereocenters. The number of rotatable bonds is 3. The van der Waals surface area contributed by atoms with Gasteiger partial charge in [-0.1, -0.05) is 12.1 Å². The first-order valence-electron chi connectivity index (χ1n) is 6.69. The van der Waals surface area contributed by atoms with E-state index >= 15 is 0 Å². The minimum absolute atomic E-state index is 0.308. The number of aryl methyl sites for hydroxylation is 2. The summed E-state index contributed by atoms with van der Waals surface area (Å²) < 4.78 is 11.0. The van der Waals surface area contributed by atoms with E-state index in [4.69, 9.17) is 9.47 Å². The van der Waals surface area contributed by atoms with Crippen molar-refractivity contribution in [1.29, 1.82) is 0 Å². The Morgan fingerprint density at radius 3 is 3.00 bits per heavy atom. The first kappa shape index (κ1) is 12.7. The second kappa shape index (κ2) is 5.36. The van der Waals surface area contributed by atoms with Gasteiger partial charge in [0.15, 0.2) is 5.75 Å². The lowest BCUT2D eigenvalue weighted by Gasteiger charge is -2.20. The van der Waals surface area contributed by atoms with Gasteiger partial charge in [-0.2, -0.15) is 9.97 Å². The maximum Gasteiger partial charge on any atom is 0.325 e. The fourth-order valence-electron chi connectivity index (χ4n) is 2.32. The fourth-order valence-corrected chi connectivity index (χ4v) is 2.32. The third-order valence-corrected chi connectivity index (χ3v) is 3.26. The molecular formula is C15H17N3O2. The number of para-hydroxylation sites is 1. The van der Waals surface area contributed by atoms with Crippen molar-refractivity contribution < 1.29 is 9.47 Å². The zero-order valence-electron chi connectivity index (χ0n) is 11.6. The van der Waals surface area contributed by atoms with Crippen LogP contribution in [0.25, 0.3) is 0 Å². The molecule has 0 radical (unpaired) electrons. The summed E-state index contributed by atoms with van der Waals surface area (Å²) in [7, 11) is 1.58. The molecule has 2 heterocycles. The van der Waals surface area contributed by atoms with Crippen molar-refractivity contribution in [2.75, 3.05) is 19.0 Å². The molecule has 0 spiro atoms. The lowest BCUT2D eigenvalue weighted by Crippen LogP contribution is -2.12. The van der Waals surface area contributed by atoms with Gasteiger partial charge in [-0.15, -0.1) is 0 Å². The van der Waals surface area contributed by atoms with Crippen LogP contribution in [0.2, 0.25) is 0 Å². The summed E-state index contributed by atoms with van der Waals surface area (Å²) in [5.41, 5.74) is 3.13. The highest BCUT2D eigenvalue weighted by molar-refractivity contribution is 5.63. The van der Waals surface area contributed by atoms with Gasteiger partial charge in [0.1, 0.15) is 0 Å². The van der Waals surface area contributed by atoms with Crippen LogP contribution in [-0.2, 0) is 6.42 Å². The van der Waals surface area contributed by atoms with Gasteiger partial charge in [0, 0.05) is 18.3 Å². The molecule has 0 fully saturated rings. The van der Waals surface area contributed by atoms with E-state index in [-0.39, 0.29) is 0 Å². The Balaban J connectivity index is 1.93. The molecule has 1 aliphatic rings. The Morgan fingerprint density at radius 2 is 2.15 bits per heavy atom. The van der Waals surface area contributed by atoms with Crippen molar-refractivity contribution in [3.63, 3.8) is 0 Å². The van der Waals surface area contributed by atoms with Gasteiger partial charge in [0.25, 0.3) is 0 Å². The molecule has 5 heteroatoms. The predicted octanol–water partition coefficient (Wildman–Crippen LogP) is 2.94. The summed E-state index contributed by atoms with van der Waals surface area (Å²) in [5, 5.41) is 3.38. The molecule has 1 N–H and O–H groups in total. The molecule has 1 aliphatic heterocycles. The molecular weight excluding hydrogens is 254 g/mol. The zero-order chi connectivity index (χ0) is 13.9. The lowest BCUT2D eigenvalue weighted by molar-refractivity contribution is 0.375. The largest absolute Gasteiger partial charge is 0.481 e. The van der Waals surface area contributed by atoms with Gasteiger partial charge in [-0.3, -0.25) is 0 Å². The van der Waals surface area contributed by atoms with Crippen LogP contribution in [0.5, 0.6) is 17.6 Å². The van der Waals surface area contributed by atoms with Crippen molar-refractivity contribution in [2.45, 2.75) is 19.8 Å². The normalized spacial score (nSPS) is 13.3. The Bertz CT molecular complexity index is 629. The highest BCUT2D eigenvalue weighted by Gasteiger charge is 2.15. The van der Waals surface area contributed by atoms with Crippen LogP contribution >= 0.6 is 0 Å². The first-order chi connectivity index (χ1) is 9.76. The highest BCUT2D eigenvalue weighted by Crippen LogP contribution is 2.34. The molecule has 0 bridgehead atoms. The molecule has 3 rings (SSSR count). The first-order valence-corrected chi connectivity index (χ1v) is 6.69. The number of fused-ring (bicyclic) bond motifs is 1.